The van der Waals surface area contributed by atoms with E-state index in [0.29, 0.717) is 17.5 Å². The van der Waals surface area contributed by atoms with Crippen LogP contribution in [0.3, 0.4) is 0 Å². The Hall–Kier alpha value is -8.81. The molecule has 0 bridgehead atoms. The van der Waals surface area contributed by atoms with Crippen LogP contribution >= 0.6 is 0 Å². The SMILES string of the molecule is c1ccc(-n2c3ccccc3c3ccc(-c4ccc5oc6cccc(-c7nc(-c8ccc9c(c8)oc8ccccc89)nc(-c8ccc9c(c8)oc8ccccc89)n7)c6c5c4)cc32)cc1. The Balaban J connectivity index is 0.963. The molecule has 9 aromatic carbocycles. The van der Waals surface area contributed by atoms with Gasteiger partial charge in [0.05, 0.1) is 11.0 Å². The summed E-state index contributed by atoms with van der Waals surface area (Å²) in [6.07, 6.45) is 0. The number of fused-ring (bicyclic) bond motifs is 12. The molecule has 5 heterocycles. The molecule has 0 aliphatic heterocycles. The minimum Gasteiger partial charge on any atom is -0.456 e. The molecular formula is C57H32N4O3. The molecule has 5 aromatic heterocycles. The number of furan rings is 3. The first-order valence-corrected chi connectivity index (χ1v) is 21.3. The van der Waals surface area contributed by atoms with Gasteiger partial charge >= 0.3 is 0 Å². The van der Waals surface area contributed by atoms with E-state index in [-0.39, 0.29) is 0 Å². The average Bonchev–Trinajstić information content (AvgIpc) is 4.12. The van der Waals surface area contributed by atoms with Gasteiger partial charge in [-0.1, -0.05) is 115 Å². The maximum atomic E-state index is 6.58. The lowest BCUT2D eigenvalue weighted by Gasteiger charge is -2.10. The van der Waals surface area contributed by atoms with Crippen molar-refractivity contribution in [2.75, 3.05) is 0 Å². The van der Waals surface area contributed by atoms with Crippen LogP contribution in [-0.2, 0) is 0 Å². The molecule has 0 radical (unpaired) electrons. The van der Waals surface area contributed by atoms with Crippen LogP contribution in [0.15, 0.2) is 207 Å². The van der Waals surface area contributed by atoms with Crippen LogP contribution in [0.4, 0.5) is 0 Å². The zero-order valence-electron chi connectivity index (χ0n) is 34.0. The minimum atomic E-state index is 0.527. The van der Waals surface area contributed by atoms with Crippen LogP contribution in [-0.4, -0.2) is 19.5 Å². The first kappa shape index (κ1) is 34.9. The summed E-state index contributed by atoms with van der Waals surface area (Å²) in [5.41, 5.74) is 12.8. The van der Waals surface area contributed by atoms with E-state index in [1.165, 1.54) is 16.3 Å². The van der Waals surface area contributed by atoms with Gasteiger partial charge in [-0.05, 0) is 90.0 Å². The van der Waals surface area contributed by atoms with Gasteiger partial charge in [0.15, 0.2) is 17.5 Å². The Morgan fingerprint density at radius 1 is 0.297 bits per heavy atom. The van der Waals surface area contributed by atoms with Crippen LogP contribution in [0, 0.1) is 0 Å². The lowest BCUT2D eigenvalue weighted by Crippen LogP contribution is -2.00. The molecule has 0 amide bonds. The summed E-state index contributed by atoms with van der Waals surface area (Å²) in [6.45, 7) is 0. The molecule has 0 N–H and O–H groups in total. The topological polar surface area (TPSA) is 83.0 Å². The smallest absolute Gasteiger partial charge is 0.164 e. The Labute approximate surface area is 364 Å². The van der Waals surface area contributed by atoms with E-state index in [4.69, 9.17) is 28.2 Å². The van der Waals surface area contributed by atoms with Gasteiger partial charge in [0, 0.05) is 65.5 Å². The summed E-state index contributed by atoms with van der Waals surface area (Å²) in [6, 6.07) is 67.0. The zero-order valence-corrected chi connectivity index (χ0v) is 34.0. The van der Waals surface area contributed by atoms with Crippen molar-refractivity contribution >= 4 is 87.6 Å². The molecule has 7 heteroatoms. The summed E-state index contributed by atoms with van der Waals surface area (Å²) in [4.78, 5) is 15.6. The van der Waals surface area contributed by atoms with E-state index in [1.54, 1.807) is 0 Å². The van der Waals surface area contributed by atoms with Crippen molar-refractivity contribution in [1.29, 1.82) is 0 Å². The van der Waals surface area contributed by atoms with Crippen molar-refractivity contribution < 1.29 is 13.3 Å². The maximum absolute atomic E-state index is 6.58. The number of hydrogen-bond acceptors (Lipinski definition) is 6. The van der Waals surface area contributed by atoms with Crippen LogP contribution in [0.25, 0.3) is 139 Å². The second-order valence-electron chi connectivity index (χ2n) is 16.3. The van der Waals surface area contributed by atoms with Crippen molar-refractivity contribution in [1.82, 2.24) is 19.5 Å². The van der Waals surface area contributed by atoms with E-state index >= 15 is 0 Å². The third-order valence-corrected chi connectivity index (χ3v) is 12.7. The van der Waals surface area contributed by atoms with Gasteiger partial charge < -0.3 is 17.8 Å². The molecule has 0 fully saturated rings. The van der Waals surface area contributed by atoms with Gasteiger partial charge in [-0.25, -0.2) is 15.0 Å². The van der Waals surface area contributed by atoms with Crippen molar-refractivity contribution in [3.63, 3.8) is 0 Å². The van der Waals surface area contributed by atoms with E-state index in [1.807, 2.05) is 60.7 Å². The van der Waals surface area contributed by atoms with Crippen molar-refractivity contribution in [2.24, 2.45) is 0 Å². The van der Waals surface area contributed by atoms with Gasteiger partial charge in [-0.2, -0.15) is 0 Å². The van der Waals surface area contributed by atoms with Crippen LogP contribution < -0.4 is 0 Å². The van der Waals surface area contributed by atoms with Gasteiger partial charge in [0.1, 0.15) is 33.5 Å². The number of nitrogens with zero attached hydrogens (tertiary/aromatic N) is 4. The van der Waals surface area contributed by atoms with E-state index in [2.05, 4.69) is 138 Å². The van der Waals surface area contributed by atoms with Gasteiger partial charge in [-0.3, -0.25) is 0 Å². The number of rotatable bonds is 5. The standard InChI is InChI=1S/C57H32N4O3/c1-2-11-37(12-3-1)61-46-17-7-4-13-38(46)39-25-21-34(30-47(39)61)33-24-28-50-45(29-33)54-44(16-10-20-51(54)62-50)57-59-55(35-22-26-42-40-14-5-8-18-48(40)63-52(42)31-35)58-56(60-57)36-23-27-43-41-15-6-9-19-49(41)64-53(43)32-36/h1-32H. The lowest BCUT2D eigenvalue weighted by molar-refractivity contribution is 0.668. The molecule has 0 unspecified atom stereocenters. The summed E-state index contributed by atoms with van der Waals surface area (Å²) in [7, 11) is 0. The van der Waals surface area contributed by atoms with Gasteiger partial charge in [0.2, 0.25) is 0 Å². The second kappa shape index (κ2) is 13.3. The average molecular weight is 821 g/mol. The Bertz CT molecular complexity index is 4080. The lowest BCUT2D eigenvalue weighted by atomic mass is 9.99. The van der Waals surface area contributed by atoms with Crippen molar-refractivity contribution in [2.45, 2.75) is 0 Å². The molecule has 64 heavy (non-hydrogen) atoms. The van der Waals surface area contributed by atoms with Gasteiger partial charge in [0.25, 0.3) is 0 Å². The summed E-state index contributed by atoms with van der Waals surface area (Å²) < 4.78 is 21.6. The molecule has 7 nitrogen and oxygen atoms in total. The third-order valence-electron chi connectivity index (χ3n) is 12.7. The quantitative estimate of drug-likeness (QED) is 0.172. The fourth-order valence-electron chi connectivity index (χ4n) is 9.68. The summed E-state index contributed by atoms with van der Waals surface area (Å²) in [5, 5.41) is 8.55. The highest BCUT2D eigenvalue weighted by molar-refractivity contribution is 6.14. The predicted molar refractivity (Wildman–Crippen MR) is 258 cm³/mol. The molecule has 0 saturated heterocycles. The van der Waals surface area contributed by atoms with Crippen LogP contribution in [0.1, 0.15) is 0 Å². The highest BCUT2D eigenvalue weighted by Crippen LogP contribution is 2.41. The first-order chi connectivity index (χ1) is 31.7. The second-order valence-corrected chi connectivity index (χ2v) is 16.3. The Kier molecular flexibility index (Phi) is 7.27. The number of benzene rings is 9. The van der Waals surface area contributed by atoms with Crippen molar-refractivity contribution in [3.8, 4) is 51.0 Å². The molecule has 0 aliphatic rings. The highest BCUT2D eigenvalue weighted by Gasteiger charge is 2.21. The van der Waals surface area contributed by atoms with E-state index < -0.39 is 0 Å². The molecule has 14 aromatic rings. The van der Waals surface area contributed by atoms with Crippen molar-refractivity contribution in [3.05, 3.63) is 194 Å². The molecule has 0 aliphatic carbocycles. The van der Waals surface area contributed by atoms with Gasteiger partial charge in [-0.15, -0.1) is 0 Å². The number of hydrogen-bond donors (Lipinski definition) is 0. The molecule has 298 valence electrons. The predicted octanol–water partition coefficient (Wildman–Crippen LogP) is 15.3. The third kappa shape index (κ3) is 5.25. The zero-order chi connectivity index (χ0) is 41.9. The maximum Gasteiger partial charge on any atom is 0.164 e. The highest BCUT2D eigenvalue weighted by atomic mass is 16.3. The molecule has 14 rings (SSSR count). The van der Waals surface area contributed by atoms with E-state index in [0.717, 1.165) is 105 Å². The monoisotopic (exact) mass is 820 g/mol. The van der Waals surface area contributed by atoms with Crippen LogP contribution in [0.2, 0.25) is 0 Å². The number of para-hydroxylation sites is 4. The molecule has 0 atom stereocenters. The summed E-state index contributed by atoms with van der Waals surface area (Å²) in [5.74, 6) is 1.58. The van der Waals surface area contributed by atoms with Crippen LogP contribution in [0.5, 0.6) is 0 Å². The van der Waals surface area contributed by atoms with E-state index in [9.17, 15) is 0 Å². The number of aromatic nitrogens is 4. The largest absolute Gasteiger partial charge is 0.456 e. The molecular weight excluding hydrogens is 789 g/mol. The molecule has 0 saturated carbocycles. The fraction of sp³-hybridized carbons (Fsp3) is 0. The fourth-order valence-corrected chi connectivity index (χ4v) is 9.68. The summed E-state index contributed by atoms with van der Waals surface area (Å²) >= 11 is 0. The first-order valence-electron chi connectivity index (χ1n) is 21.3. The minimum absolute atomic E-state index is 0.527. The Morgan fingerprint density at radius 3 is 1.52 bits per heavy atom. The molecule has 0 spiro atoms. The normalized spacial score (nSPS) is 12.1. The Morgan fingerprint density at radius 2 is 0.797 bits per heavy atom.